The number of carbonyl (C=O) groups is 1. The molecule has 1 amide bonds. The minimum atomic E-state index is -0.240. The van der Waals surface area contributed by atoms with Crippen LogP contribution in [0.3, 0.4) is 0 Å². The lowest BCUT2D eigenvalue weighted by atomic mass is 10.0. The summed E-state index contributed by atoms with van der Waals surface area (Å²) in [5.41, 5.74) is 6.49. The lowest BCUT2D eigenvalue weighted by molar-refractivity contribution is 0.0142. The Balaban J connectivity index is 2.16. The molecule has 6 nitrogen and oxygen atoms in total. The van der Waals surface area contributed by atoms with Crippen LogP contribution in [0.15, 0.2) is 12.1 Å². The van der Waals surface area contributed by atoms with E-state index in [-0.39, 0.29) is 18.1 Å². The highest BCUT2D eigenvalue weighted by Crippen LogP contribution is 2.29. The molecular formula is C15H22ClN3O3. The lowest BCUT2D eigenvalue weighted by Crippen LogP contribution is -2.53. The van der Waals surface area contributed by atoms with Crippen molar-refractivity contribution in [3.63, 3.8) is 0 Å². The number of nitrogens with zero attached hydrogens (tertiary/aromatic N) is 1. The Hall–Kier alpha value is -1.50. The predicted octanol–water partition coefficient (Wildman–Crippen LogP) is 1.38. The molecule has 2 atom stereocenters. The monoisotopic (exact) mass is 327 g/mol. The number of nitrogens with two attached hydrogens (primary N) is 1. The fraction of sp³-hybridized carbons (Fsp3) is 0.533. The number of likely N-dealkylation sites (N-methyl/N-ethyl adjacent to an activating group) is 1. The van der Waals surface area contributed by atoms with Crippen LogP contribution in [0.5, 0.6) is 5.75 Å². The molecule has 122 valence electrons. The van der Waals surface area contributed by atoms with Crippen LogP contribution in [-0.2, 0) is 4.74 Å². The number of carbonyl (C=O) groups excluding carboxylic acids is 1. The van der Waals surface area contributed by atoms with E-state index in [1.807, 2.05) is 7.05 Å². The second-order valence-electron chi connectivity index (χ2n) is 5.48. The zero-order chi connectivity index (χ0) is 16.3. The van der Waals surface area contributed by atoms with Gasteiger partial charge in [-0.1, -0.05) is 11.6 Å². The van der Waals surface area contributed by atoms with E-state index in [0.29, 0.717) is 22.0 Å². The Morgan fingerprint density at radius 1 is 1.45 bits per heavy atom. The van der Waals surface area contributed by atoms with Crippen LogP contribution in [0.4, 0.5) is 5.69 Å². The molecule has 7 heteroatoms. The van der Waals surface area contributed by atoms with Crippen molar-refractivity contribution in [2.75, 3.05) is 40.1 Å². The predicted molar refractivity (Wildman–Crippen MR) is 86.6 cm³/mol. The normalized spacial score (nSPS) is 22.4. The maximum Gasteiger partial charge on any atom is 0.255 e. The van der Waals surface area contributed by atoms with E-state index in [1.165, 1.54) is 13.2 Å². The van der Waals surface area contributed by atoms with Crippen LogP contribution in [0, 0.1) is 0 Å². The molecule has 1 saturated heterocycles. The van der Waals surface area contributed by atoms with E-state index in [9.17, 15) is 4.79 Å². The number of ether oxygens (including phenoxy) is 2. The maximum atomic E-state index is 12.5. The molecule has 1 fully saturated rings. The van der Waals surface area contributed by atoms with Gasteiger partial charge in [-0.15, -0.1) is 0 Å². The number of halogens is 1. The number of hydrogen-bond donors (Lipinski definition) is 2. The highest BCUT2D eigenvalue weighted by Gasteiger charge is 2.29. The summed E-state index contributed by atoms with van der Waals surface area (Å²) >= 11 is 6.01. The maximum absolute atomic E-state index is 12.5. The van der Waals surface area contributed by atoms with Gasteiger partial charge in [-0.3, -0.25) is 4.79 Å². The van der Waals surface area contributed by atoms with Crippen molar-refractivity contribution in [3.8, 4) is 5.75 Å². The smallest absolute Gasteiger partial charge is 0.255 e. The topological polar surface area (TPSA) is 76.8 Å². The number of likely N-dealkylation sites (tertiary alicyclic amines) is 1. The molecule has 2 rings (SSSR count). The van der Waals surface area contributed by atoms with Gasteiger partial charge in [-0.2, -0.15) is 0 Å². The average molecular weight is 328 g/mol. The minimum absolute atomic E-state index is 0.0436. The summed E-state index contributed by atoms with van der Waals surface area (Å²) in [5.74, 6) is 0.164. The van der Waals surface area contributed by atoms with E-state index in [0.717, 1.165) is 19.5 Å². The van der Waals surface area contributed by atoms with Crippen LogP contribution in [0.25, 0.3) is 0 Å². The molecule has 3 N–H and O–H groups in total. The zero-order valence-corrected chi connectivity index (χ0v) is 13.8. The summed E-state index contributed by atoms with van der Waals surface area (Å²) in [6.45, 7) is 1.69. The van der Waals surface area contributed by atoms with E-state index in [2.05, 4.69) is 10.2 Å². The van der Waals surface area contributed by atoms with Crippen LogP contribution in [0.1, 0.15) is 16.8 Å². The second-order valence-corrected chi connectivity index (χ2v) is 5.89. The van der Waals surface area contributed by atoms with Gasteiger partial charge in [0.05, 0.1) is 35.5 Å². The molecule has 1 aromatic rings. The number of methoxy groups -OCH3 is 2. The number of piperidine rings is 1. The quantitative estimate of drug-likeness (QED) is 0.817. The van der Waals surface area contributed by atoms with Crippen LogP contribution in [-0.4, -0.2) is 57.3 Å². The molecule has 0 aromatic heterocycles. The van der Waals surface area contributed by atoms with E-state index in [4.69, 9.17) is 26.8 Å². The molecule has 1 aliphatic rings. The molecule has 1 heterocycles. The van der Waals surface area contributed by atoms with Gasteiger partial charge in [-0.05, 0) is 26.1 Å². The first-order chi connectivity index (χ1) is 10.5. The summed E-state index contributed by atoms with van der Waals surface area (Å²) < 4.78 is 10.7. The van der Waals surface area contributed by atoms with Crippen molar-refractivity contribution in [2.45, 2.75) is 18.6 Å². The molecule has 1 aliphatic heterocycles. The van der Waals surface area contributed by atoms with Crippen molar-refractivity contribution in [1.29, 1.82) is 0 Å². The summed E-state index contributed by atoms with van der Waals surface area (Å²) in [6, 6.07) is 3.04. The number of nitrogens with one attached hydrogen (secondary N) is 1. The third-order valence-corrected chi connectivity index (χ3v) is 4.27. The first-order valence-electron chi connectivity index (χ1n) is 7.11. The van der Waals surface area contributed by atoms with Crippen molar-refractivity contribution in [1.82, 2.24) is 10.2 Å². The Kier molecular flexibility index (Phi) is 5.50. The highest BCUT2D eigenvalue weighted by molar-refractivity contribution is 6.33. The zero-order valence-electron chi connectivity index (χ0n) is 13.1. The lowest BCUT2D eigenvalue weighted by Gasteiger charge is -2.36. The summed E-state index contributed by atoms with van der Waals surface area (Å²) in [7, 11) is 5.18. The third kappa shape index (κ3) is 3.63. The average Bonchev–Trinajstić information content (AvgIpc) is 2.51. The van der Waals surface area contributed by atoms with Crippen molar-refractivity contribution >= 4 is 23.2 Å². The van der Waals surface area contributed by atoms with Crippen molar-refractivity contribution in [3.05, 3.63) is 22.7 Å². The SMILES string of the molecule is COc1cc(N)c(Cl)cc1C(=O)N[C@H]1CCN(C)C[C@H]1OC. The molecule has 0 spiro atoms. The van der Waals surface area contributed by atoms with E-state index >= 15 is 0 Å². The molecule has 1 aromatic carbocycles. The molecular weight excluding hydrogens is 306 g/mol. The number of nitrogen functional groups attached to an aromatic ring is 1. The molecule has 22 heavy (non-hydrogen) atoms. The van der Waals surface area contributed by atoms with Crippen LogP contribution >= 0.6 is 11.6 Å². The van der Waals surface area contributed by atoms with Gasteiger partial charge in [0.2, 0.25) is 0 Å². The Morgan fingerprint density at radius 2 is 2.18 bits per heavy atom. The fourth-order valence-electron chi connectivity index (χ4n) is 2.64. The standard InChI is InChI=1S/C15H22ClN3O3/c1-19-5-4-12(14(8-19)22-3)18-15(20)9-6-10(16)11(17)7-13(9)21-2/h6-7,12,14H,4-5,8,17H2,1-3H3,(H,18,20)/t12-,14+/m0/s1. The van der Waals surface area contributed by atoms with Gasteiger partial charge in [0.15, 0.2) is 0 Å². The van der Waals surface area contributed by atoms with Gasteiger partial charge >= 0.3 is 0 Å². The first-order valence-corrected chi connectivity index (χ1v) is 7.49. The summed E-state index contributed by atoms with van der Waals surface area (Å²) in [5, 5.41) is 3.34. The molecule has 0 unspecified atom stereocenters. The molecule has 0 aliphatic carbocycles. The number of amides is 1. The summed E-state index contributed by atoms with van der Waals surface area (Å²) in [6.07, 6.45) is 0.782. The van der Waals surface area contributed by atoms with Gasteiger partial charge in [0.1, 0.15) is 5.75 Å². The Morgan fingerprint density at radius 3 is 2.82 bits per heavy atom. The van der Waals surface area contributed by atoms with Gasteiger partial charge in [0.25, 0.3) is 5.91 Å². The number of benzene rings is 1. The van der Waals surface area contributed by atoms with Gasteiger partial charge in [-0.25, -0.2) is 0 Å². The van der Waals surface area contributed by atoms with Gasteiger partial charge in [0, 0.05) is 19.7 Å². The van der Waals surface area contributed by atoms with E-state index in [1.54, 1.807) is 13.2 Å². The molecule has 0 bridgehead atoms. The number of anilines is 1. The summed E-state index contributed by atoms with van der Waals surface area (Å²) in [4.78, 5) is 14.7. The van der Waals surface area contributed by atoms with Crippen LogP contribution in [0.2, 0.25) is 5.02 Å². The van der Waals surface area contributed by atoms with Crippen LogP contribution < -0.4 is 15.8 Å². The Bertz CT molecular complexity index is 553. The molecule has 0 saturated carbocycles. The second kappa shape index (κ2) is 7.17. The van der Waals surface area contributed by atoms with E-state index < -0.39 is 0 Å². The Labute approximate surface area is 135 Å². The molecule has 0 radical (unpaired) electrons. The minimum Gasteiger partial charge on any atom is -0.496 e. The van der Waals surface area contributed by atoms with Gasteiger partial charge < -0.3 is 25.4 Å². The fourth-order valence-corrected chi connectivity index (χ4v) is 2.80. The number of rotatable bonds is 4. The first kappa shape index (κ1) is 16.9. The largest absolute Gasteiger partial charge is 0.496 e. The number of hydrogen-bond acceptors (Lipinski definition) is 5. The highest BCUT2D eigenvalue weighted by atomic mass is 35.5. The van der Waals surface area contributed by atoms with Crippen molar-refractivity contribution in [2.24, 2.45) is 0 Å². The third-order valence-electron chi connectivity index (χ3n) is 3.94. The van der Waals surface area contributed by atoms with Crippen molar-refractivity contribution < 1.29 is 14.3 Å².